The minimum Gasteiger partial charge on any atom is -0.428 e. The molecule has 1 rings (SSSR count). The molecule has 1 aliphatic rings. The summed E-state index contributed by atoms with van der Waals surface area (Å²) < 4.78 is 10.1. The normalized spacial score (nSPS) is 19.1. The van der Waals surface area contributed by atoms with Crippen molar-refractivity contribution in [2.45, 2.75) is 115 Å². The number of epoxide rings is 1. The predicted octanol–water partition coefficient (Wildman–Crippen LogP) is 5.51. The minimum atomic E-state index is -0.993. The van der Waals surface area contributed by atoms with E-state index in [0.717, 1.165) is 12.8 Å². The Labute approximate surface area is 154 Å². The molecule has 1 heterocycles. The van der Waals surface area contributed by atoms with Crippen molar-refractivity contribution >= 4 is 5.97 Å². The number of unbranched alkanes of at least 4 members (excludes halogenated alkanes) is 14. The number of aliphatic hydroxyl groups excluding tert-OH is 1. The molecule has 25 heavy (non-hydrogen) atoms. The molecule has 1 N–H and O–H groups in total. The molecule has 1 atom stereocenters. The molecule has 0 saturated carbocycles. The van der Waals surface area contributed by atoms with Crippen molar-refractivity contribution in [2.75, 3.05) is 13.2 Å². The maximum atomic E-state index is 11.6. The molecule has 0 aromatic carbocycles. The highest BCUT2D eigenvalue weighted by atomic mass is 16.8. The molecule has 0 amide bonds. The zero-order valence-electron chi connectivity index (χ0n) is 16.4. The Kier molecular flexibility index (Phi) is 13.1. The van der Waals surface area contributed by atoms with Gasteiger partial charge in [0.05, 0.1) is 0 Å². The van der Waals surface area contributed by atoms with Crippen molar-refractivity contribution < 1.29 is 19.4 Å². The quantitative estimate of drug-likeness (QED) is 0.200. The highest BCUT2D eigenvalue weighted by molar-refractivity contribution is 5.69. The topological polar surface area (TPSA) is 59.1 Å². The molecule has 0 radical (unpaired) electrons. The van der Waals surface area contributed by atoms with Crippen LogP contribution in [-0.4, -0.2) is 30.1 Å². The number of hydrogen-bond donors (Lipinski definition) is 1. The van der Waals surface area contributed by atoms with E-state index in [0.29, 0.717) is 13.0 Å². The number of rotatable bonds is 18. The number of carbonyl (C=O) groups excluding carboxylic acids is 1. The molecule has 1 fully saturated rings. The summed E-state index contributed by atoms with van der Waals surface area (Å²) in [5, 5.41) is 9.01. The first-order chi connectivity index (χ1) is 12.2. The van der Waals surface area contributed by atoms with E-state index in [-0.39, 0.29) is 12.6 Å². The number of ether oxygens (including phenoxy) is 2. The first-order valence-electron chi connectivity index (χ1n) is 10.7. The summed E-state index contributed by atoms with van der Waals surface area (Å²) in [5.41, 5.74) is 0. The van der Waals surface area contributed by atoms with Crippen LogP contribution in [0.4, 0.5) is 0 Å². The van der Waals surface area contributed by atoms with E-state index in [1.54, 1.807) is 0 Å². The van der Waals surface area contributed by atoms with Crippen LogP contribution < -0.4 is 0 Å². The van der Waals surface area contributed by atoms with Gasteiger partial charge in [-0.05, 0) is 6.42 Å². The van der Waals surface area contributed by atoms with Gasteiger partial charge in [0.1, 0.15) is 13.2 Å². The van der Waals surface area contributed by atoms with E-state index >= 15 is 0 Å². The third-order valence-electron chi connectivity index (χ3n) is 4.99. The van der Waals surface area contributed by atoms with Gasteiger partial charge < -0.3 is 14.6 Å². The summed E-state index contributed by atoms with van der Waals surface area (Å²) in [4.78, 5) is 11.6. The maximum Gasteiger partial charge on any atom is 0.308 e. The van der Waals surface area contributed by atoms with Crippen LogP contribution in [0.3, 0.4) is 0 Å². The van der Waals surface area contributed by atoms with Crippen molar-refractivity contribution in [2.24, 2.45) is 0 Å². The van der Waals surface area contributed by atoms with Crippen molar-refractivity contribution in [1.82, 2.24) is 0 Å². The van der Waals surface area contributed by atoms with Gasteiger partial charge in [-0.25, -0.2) is 0 Å². The van der Waals surface area contributed by atoms with Crippen molar-refractivity contribution in [3.63, 3.8) is 0 Å². The Hall–Kier alpha value is -0.610. The highest BCUT2D eigenvalue weighted by Gasteiger charge is 2.48. The first kappa shape index (κ1) is 22.4. The second-order valence-corrected chi connectivity index (χ2v) is 7.53. The lowest BCUT2D eigenvalue weighted by molar-refractivity contribution is -0.163. The average Bonchev–Trinajstić information content (AvgIpc) is 3.38. The summed E-state index contributed by atoms with van der Waals surface area (Å²) >= 11 is 0. The monoisotopic (exact) mass is 356 g/mol. The molecule has 4 nitrogen and oxygen atoms in total. The SMILES string of the molecule is CCCCCCCCCCCCCCCCCC(=O)O[C@@]1(CO)CO1. The Morgan fingerprint density at radius 2 is 1.24 bits per heavy atom. The lowest BCUT2D eigenvalue weighted by Gasteiger charge is -2.09. The summed E-state index contributed by atoms with van der Waals surface area (Å²) in [7, 11) is 0. The van der Waals surface area contributed by atoms with Crippen molar-refractivity contribution in [3.05, 3.63) is 0 Å². The zero-order chi connectivity index (χ0) is 18.2. The molecule has 1 aliphatic heterocycles. The van der Waals surface area contributed by atoms with Crippen LogP contribution >= 0.6 is 0 Å². The number of carbonyl (C=O) groups is 1. The molecule has 0 spiro atoms. The predicted molar refractivity (Wildman–Crippen MR) is 101 cm³/mol. The summed E-state index contributed by atoms with van der Waals surface area (Å²) in [6, 6.07) is 0. The van der Waals surface area contributed by atoms with Crippen LogP contribution in [0.15, 0.2) is 0 Å². The van der Waals surface area contributed by atoms with Gasteiger partial charge in [-0.1, -0.05) is 96.8 Å². The fraction of sp³-hybridized carbons (Fsp3) is 0.952. The molecular formula is C21H40O4. The van der Waals surface area contributed by atoms with Crippen LogP contribution in [0, 0.1) is 0 Å². The van der Waals surface area contributed by atoms with Gasteiger partial charge in [0, 0.05) is 6.42 Å². The average molecular weight is 357 g/mol. The number of aliphatic hydroxyl groups is 1. The van der Waals surface area contributed by atoms with Gasteiger partial charge in [0.15, 0.2) is 0 Å². The maximum absolute atomic E-state index is 11.6. The van der Waals surface area contributed by atoms with E-state index < -0.39 is 5.79 Å². The Morgan fingerprint density at radius 1 is 0.840 bits per heavy atom. The van der Waals surface area contributed by atoms with Crippen LogP contribution in [0.5, 0.6) is 0 Å². The third-order valence-corrected chi connectivity index (χ3v) is 4.99. The van der Waals surface area contributed by atoms with Crippen molar-refractivity contribution in [1.29, 1.82) is 0 Å². The molecule has 1 saturated heterocycles. The minimum absolute atomic E-state index is 0.238. The first-order valence-corrected chi connectivity index (χ1v) is 10.7. The Bertz CT molecular complexity index is 326. The molecular weight excluding hydrogens is 316 g/mol. The van der Waals surface area contributed by atoms with Crippen LogP contribution in [0.25, 0.3) is 0 Å². The second kappa shape index (κ2) is 14.5. The Morgan fingerprint density at radius 3 is 1.60 bits per heavy atom. The van der Waals surface area contributed by atoms with Gasteiger partial charge in [0.25, 0.3) is 5.79 Å². The fourth-order valence-corrected chi connectivity index (χ4v) is 3.16. The number of hydrogen-bond acceptors (Lipinski definition) is 4. The van der Waals surface area contributed by atoms with E-state index in [1.165, 1.54) is 83.5 Å². The summed E-state index contributed by atoms with van der Waals surface area (Å²) in [6.07, 6.45) is 20.2. The molecule has 0 aromatic rings. The molecule has 0 bridgehead atoms. The second-order valence-electron chi connectivity index (χ2n) is 7.53. The third kappa shape index (κ3) is 12.4. The van der Waals surface area contributed by atoms with E-state index in [2.05, 4.69) is 6.92 Å². The van der Waals surface area contributed by atoms with Gasteiger partial charge in [-0.15, -0.1) is 0 Å². The fourth-order valence-electron chi connectivity index (χ4n) is 3.16. The van der Waals surface area contributed by atoms with Gasteiger partial charge in [0.2, 0.25) is 0 Å². The van der Waals surface area contributed by atoms with Gasteiger partial charge in [-0.3, -0.25) is 4.79 Å². The van der Waals surface area contributed by atoms with Crippen molar-refractivity contribution in [3.8, 4) is 0 Å². The largest absolute Gasteiger partial charge is 0.428 e. The molecule has 148 valence electrons. The standard InChI is InChI=1S/C21H40O4/c1-2-3-4-5-6-7-8-9-10-11-12-13-14-15-16-17-20(23)25-21(18-22)19-24-21/h22H,2-19H2,1H3/t21-/m0/s1. The van der Waals surface area contributed by atoms with E-state index in [4.69, 9.17) is 14.6 Å². The van der Waals surface area contributed by atoms with Crippen LogP contribution in [0.1, 0.15) is 110 Å². The van der Waals surface area contributed by atoms with Gasteiger partial charge >= 0.3 is 5.97 Å². The highest BCUT2D eigenvalue weighted by Crippen LogP contribution is 2.28. The molecule has 4 heteroatoms. The Balaban J connectivity index is 1.72. The summed E-state index contributed by atoms with van der Waals surface area (Å²) in [6.45, 7) is 2.36. The van der Waals surface area contributed by atoms with Crippen LogP contribution in [0.2, 0.25) is 0 Å². The van der Waals surface area contributed by atoms with E-state index in [1.807, 2.05) is 0 Å². The zero-order valence-corrected chi connectivity index (χ0v) is 16.4. The molecule has 0 aliphatic carbocycles. The molecule has 0 aromatic heterocycles. The number of esters is 1. The smallest absolute Gasteiger partial charge is 0.308 e. The van der Waals surface area contributed by atoms with Crippen LogP contribution in [-0.2, 0) is 14.3 Å². The lowest BCUT2D eigenvalue weighted by atomic mass is 10.0. The van der Waals surface area contributed by atoms with E-state index in [9.17, 15) is 4.79 Å². The van der Waals surface area contributed by atoms with Gasteiger partial charge in [-0.2, -0.15) is 0 Å². The summed E-state index contributed by atoms with van der Waals surface area (Å²) in [5.74, 6) is -1.24. The molecule has 0 unspecified atom stereocenters. The lowest BCUT2D eigenvalue weighted by Crippen LogP contribution is -2.25.